The number of carbonyl (C=O) groups excluding carboxylic acids is 1. The van der Waals surface area contributed by atoms with Gasteiger partial charge in [-0.15, -0.1) is 0 Å². The number of nitriles is 2. The van der Waals surface area contributed by atoms with Gasteiger partial charge in [-0.2, -0.15) is 10.5 Å². The van der Waals surface area contributed by atoms with Gasteiger partial charge in [0, 0.05) is 13.2 Å². The number of rotatable bonds is 6. The molecule has 6 heteroatoms. The highest BCUT2D eigenvalue weighted by Gasteiger charge is 2.15. The minimum Gasteiger partial charge on any atom is -0.350 e. The molecule has 21 heavy (non-hydrogen) atoms. The van der Waals surface area contributed by atoms with E-state index < -0.39 is 6.04 Å². The number of pyridine rings is 1. The van der Waals surface area contributed by atoms with Gasteiger partial charge in [-0.1, -0.05) is 13.8 Å². The third-order valence-electron chi connectivity index (χ3n) is 2.85. The molecule has 110 valence electrons. The zero-order valence-electron chi connectivity index (χ0n) is 12.5. The van der Waals surface area contributed by atoms with Crippen LogP contribution in [0.25, 0.3) is 0 Å². The molecule has 1 aromatic heterocycles. The number of hydrogen-bond donors (Lipinski definition) is 1. The Morgan fingerprint density at radius 2 is 2.14 bits per heavy atom. The maximum atomic E-state index is 11.9. The lowest BCUT2D eigenvalue weighted by Crippen LogP contribution is -2.41. The van der Waals surface area contributed by atoms with Gasteiger partial charge >= 0.3 is 0 Å². The fraction of sp³-hybridized carbons (Fsp3) is 0.467. The maximum absolute atomic E-state index is 11.9. The Balaban J connectivity index is 2.57. The van der Waals surface area contributed by atoms with Crippen LogP contribution in [0.2, 0.25) is 0 Å². The molecule has 0 aliphatic carbocycles. The Kier molecular flexibility index (Phi) is 6.16. The smallest absolute Gasteiger partial charge is 0.240 e. The largest absolute Gasteiger partial charge is 0.350 e. The van der Waals surface area contributed by atoms with Crippen LogP contribution >= 0.6 is 0 Å². The Hall–Kier alpha value is -2.60. The number of nitrogens with zero attached hydrogens (tertiary/aromatic N) is 4. The van der Waals surface area contributed by atoms with Crippen LogP contribution in [0.15, 0.2) is 18.3 Å². The molecule has 0 spiro atoms. The minimum absolute atomic E-state index is 0.106. The van der Waals surface area contributed by atoms with Crippen molar-refractivity contribution in [3.63, 3.8) is 0 Å². The fourth-order valence-corrected chi connectivity index (χ4v) is 1.83. The molecule has 0 fully saturated rings. The summed E-state index contributed by atoms with van der Waals surface area (Å²) in [5.41, 5.74) is 0.470. The molecule has 6 nitrogen and oxygen atoms in total. The Morgan fingerprint density at radius 3 is 2.62 bits per heavy atom. The topological polar surface area (TPSA) is 92.8 Å². The molecule has 0 saturated carbocycles. The van der Waals surface area contributed by atoms with Gasteiger partial charge < -0.3 is 10.2 Å². The number of amides is 1. The molecule has 0 aromatic carbocycles. The van der Waals surface area contributed by atoms with Gasteiger partial charge in [-0.3, -0.25) is 4.79 Å². The van der Waals surface area contributed by atoms with Crippen LogP contribution < -0.4 is 10.2 Å². The van der Waals surface area contributed by atoms with Crippen LogP contribution in [-0.4, -0.2) is 30.5 Å². The van der Waals surface area contributed by atoms with Crippen LogP contribution in [0.3, 0.4) is 0 Å². The van der Waals surface area contributed by atoms with Gasteiger partial charge in [0.1, 0.15) is 17.9 Å². The van der Waals surface area contributed by atoms with Crippen LogP contribution in [0.4, 0.5) is 5.82 Å². The molecule has 0 saturated heterocycles. The minimum atomic E-state index is -0.472. The molecule has 1 rings (SSSR count). The number of hydrogen-bond acceptors (Lipinski definition) is 5. The summed E-state index contributed by atoms with van der Waals surface area (Å²) in [4.78, 5) is 17.7. The monoisotopic (exact) mass is 285 g/mol. The second-order valence-electron chi connectivity index (χ2n) is 5.25. The number of nitrogens with one attached hydrogen (secondary N) is 1. The molecule has 0 bridgehead atoms. The first kappa shape index (κ1) is 16.5. The van der Waals surface area contributed by atoms with Crippen molar-refractivity contribution in [1.82, 2.24) is 10.3 Å². The zero-order chi connectivity index (χ0) is 15.8. The first-order chi connectivity index (χ1) is 9.96. The van der Waals surface area contributed by atoms with Gasteiger partial charge in [0.25, 0.3) is 0 Å². The Bertz CT molecular complexity index is 553. The molecule has 0 aliphatic rings. The molecule has 1 aromatic rings. The van der Waals surface area contributed by atoms with Crippen LogP contribution in [0.5, 0.6) is 0 Å². The van der Waals surface area contributed by atoms with E-state index in [4.69, 9.17) is 10.5 Å². The number of carbonyl (C=O) groups is 1. The van der Waals surface area contributed by atoms with Gasteiger partial charge in [0.2, 0.25) is 5.91 Å². The van der Waals surface area contributed by atoms with Gasteiger partial charge in [-0.05, 0) is 24.5 Å². The number of likely N-dealkylation sites (N-methyl/N-ethyl adjacent to an activating group) is 1. The van der Waals surface area contributed by atoms with E-state index in [2.05, 4.69) is 16.4 Å². The van der Waals surface area contributed by atoms with Gasteiger partial charge in [-0.25, -0.2) is 4.98 Å². The average molecular weight is 285 g/mol. The molecule has 1 N–H and O–H groups in total. The van der Waals surface area contributed by atoms with Crippen LogP contribution in [-0.2, 0) is 4.79 Å². The molecular formula is C15H19N5O. The normalized spacial score (nSPS) is 11.3. The summed E-state index contributed by atoms with van der Waals surface area (Å²) in [6.07, 6.45) is 2.08. The van der Waals surface area contributed by atoms with Crippen LogP contribution in [0, 0.1) is 28.6 Å². The predicted molar refractivity (Wildman–Crippen MR) is 79.2 cm³/mol. The molecular weight excluding hydrogens is 266 g/mol. The van der Waals surface area contributed by atoms with E-state index in [1.807, 2.05) is 19.9 Å². The predicted octanol–water partition coefficient (Wildman–Crippen LogP) is 1.44. The SMILES string of the molecule is CC(C)C[C@H](C#N)NC(=O)CN(C)c1ccc(C#N)cn1. The quantitative estimate of drug-likeness (QED) is 0.853. The second kappa shape index (κ2) is 7.86. The first-order valence-corrected chi connectivity index (χ1v) is 6.72. The summed E-state index contributed by atoms with van der Waals surface area (Å²) in [6, 6.07) is 6.94. The Labute approximate surface area is 125 Å². The van der Waals surface area contributed by atoms with Crippen molar-refractivity contribution in [1.29, 1.82) is 10.5 Å². The lowest BCUT2D eigenvalue weighted by molar-refractivity contribution is -0.120. The highest BCUT2D eigenvalue weighted by molar-refractivity contribution is 5.81. The summed E-state index contributed by atoms with van der Waals surface area (Å²) in [5.74, 6) is 0.713. The summed E-state index contributed by atoms with van der Waals surface area (Å²) in [7, 11) is 1.73. The summed E-state index contributed by atoms with van der Waals surface area (Å²) < 4.78 is 0. The zero-order valence-corrected chi connectivity index (χ0v) is 12.5. The highest BCUT2D eigenvalue weighted by Crippen LogP contribution is 2.09. The summed E-state index contributed by atoms with van der Waals surface area (Å²) in [6.45, 7) is 4.11. The van der Waals surface area contributed by atoms with E-state index in [-0.39, 0.29) is 12.5 Å². The third kappa shape index (κ3) is 5.50. The number of anilines is 1. The number of aromatic nitrogens is 1. The van der Waals surface area contributed by atoms with Crippen LogP contribution in [0.1, 0.15) is 25.8 Å². The van der Waals surface area contributed by atoms with Crippen molar-refractivity contribution in [3.05, 3.63) is 23.9 Å². The lowest BCUT2D eigenvalue weighted by atomic mass is 10.1. The van der Waals surface area contributed by atoms with Crippen molar-refractivity contribution < 1.29 is 4.79 Å². The van der Waals surface area contributed by atoms with E-state index >= 15 is 0 Å². The van der Waals surface area contributed by atoms with E-state index in [1.54, 1.807) is 24.1 Å². The Morgan fingerprint density at radius 1 is 1.43 bits per heavy atom. The van der Waals surface area contributed by atoms with Crippen molar-refractivity contribution in [2.75, 3.05) is 18.5 Å². The van der Waals surface area contributed by atoms with E-state index in [0.717, 1.165) is 0 Å². The second-order valence-corrected chi connectivity index (χ2v) is 5.25. The third-order valence-corrected chi connectivity index (χ3v) is 2.85. The van der Waals surface area contributed by atoms with E-state index in [1.165, 1.54) is 6.20 Å². The van der Waals surface area contributed by atoms with Gasteiger partial charge in [0.15, 0.2) is 0 Å². The average Bonchev–Trinajstić information content (AvgIpc) is 2.45. The van der Waals surface area contributed by atoms with Crippen molar-refractivity contribution in [2.45, 2.75) is 26.3 Å². The summed E-state index contributed by atoms with van der Waals surface area (Å²) in [5, 5.41) is 20.4. The lowest BCUT2D eigenvalue weighted by Gasteiger charge is -2.19. The summed E-state index contributed by atoms with van der Waals surface area (Å²) >= 11 is 0. The van der Waals surface area contributed by atoms with Crippen molar-refractivity contribution in [3.8, 4) is 12.1 Å². The standard InChI is InChI=1S/C15H19N5O/c1-11(2)6-13(8-17)19-15(21)10-20(3)14-5-4-12(7-16)9-18-14/h4-5,9,11,13H,6,10H2,1-3H3,(H,19,21)/t13-/m1/s1. The molecule has 0 radical (unpaired) electrons. The highest BCUT2D eigenvalue weighted by atomic mass is 16.2. The van der Waals surface area contributed by atoms with E-state index in [9.17, 15) is 4.79 Å². The molecule has 1 amide bonds. The van der Waals surface area contributed by atoms with Gasteiger partial charge in [0.05, 0.1) is 18.2 Å². The molecule has 0 unspecified atom stereocenters. The molecule has 1 heterocycles. The molecule has 1 atom stereocenters. The van der Waals surface area contributed by atoms with Crippen molar-refractivity contribution in [2.24, 2.45) is 5.92 Å². The molecule has 0 aliphatic heterocycles. The first-order valence-electron chi connectivity index (χ1n) is 6.72. The van der Waals surface area contributed by atoms with E-state index in [0.29, 0.717) is 23.7 Å². The maximum Gasteiger partial charge on any atom is 0.240 e. The van der Waals surface area contributed by atoms with Crippen molar-refractivity contribution >= 4 is 11.7 Å². The fourth-order valence-electron chi connectivity index (χ4n) is 1.83.